The van der Waals surface area contributed by atoms with Crippen LogP contribution in [0.5, 0.6) is 5.75 Å². The summed E-state index contributed by atoms with van der Waals surface area (Å²) in [6, 6.07) is 15.7. The summed E-state index contributed by atoms with van der Waals surface area (Å²) in [5.74, 6) is 1.94. The number of hydrogen-bond acceptors (Lipinski definition) is 6. The van der Waals surface area contributed by atoms with Gasteiger partial charge in [-0.05, 0) is 68.8 Å². The van der Waals surface area contributed by atoms with Crippen LogP contribution >= 0.6 is 0 Å². The lowest BCUT2D eigenvalue weighted by Crippen LogP contribution is -2.25. The van der Waals surface area contributed by atoms with Gasteiger partial charge in [-0.25, -0.2) is 0 Å². The molecule has 3 aromatic rings. The summed E-state index contributed by atoms with van der Waals surface area (Å²) in [6.07, 6.45) is 2.18. The molecule has 156 valence electrons. The standard InChI is InChI=1S/C23H26N4O3/c1-3-29-20-12-8-17(9-13-20)22-25-21(30-26-22)15-27(2)14-16-4-6-18(7-5-16)23(28)24-19-10-11-19/h4-9,12-13,19H,3,10-11,14-15H2,1-2H3,(H,24,28). The molecule has 1 amide bonds. The molecule has 0 bridgehead atoms. The molecule has 1 fully saturated rings. The maximum atomic E-state index is 12.1. The molecule has 2 aromatic carbocycles. The van der Waals surface area contributed by atoms with Crippen LogP contribution in [0.4, 0.5) is 0 Å². The summed E-state index contributed by atoms with van der Waals surface area (Å²) in [5, 5.41) is 7.09. The van der Waals surface area contributed by atoms with Gasteiger partial charge in [0.1, 0.15) is 5.75 Å². The minimum atomic E-state index is 0.00471. The molecule has 0 atom stereocenters. The molecule has 7 heteroatoms. The fourth-order valence-electron chi connectivity index (χ4n) is 3.16. The number of amides is 1. The van der Waals surface area contributed by atoms with Crippen LogP contribution < -0.4 is 10.1 Å². The summed E-state index contributed by atoms with van der Waals surface area (Å²) in [5.41, 5.74) is 2.70. The van der Waals surface area contributed by atoms with Crippen LogP contribution in [0.2, 0.25) is 0 Å². The second-order valence-electron chi connectivity index (χ2n) is 7.59. The van der Waals surface area contributed by atoms with E-state index in [1.54, 1.807) is 0 Å². The highest BCUT2D eigenvalue weighted by atomic mass is 16.5. The Morgan fingerprint density at radius 1 is 1.13 bits per heavy atom. The van der Waals surface area contributed by atoms with Crippen LogP contribution in [0, 0.1) is 0 Å². The van der Waals surface area contributed by atoms with Gasteiger partial charge in [-0.2, -0.15) is 4.98 Å². The molecule has 1 N–H and O–H groups in total. The maximum absolute atomic E-state index is 12.1. The average molecular weight is 406 g/mol. The molecule has 1 heterocycles. The average Bonchev–Trinajstić information content (AvgIpc) is 3.44. The maximum Gasteiger partial charge on any atom is 0.251 e. The zero-order valence-corrected chi connectivity index (χ0v) is 17.3. The summed E-state index contributed by atoms with van der Waals surface area (Å²) in [7, 11) is 1.99. The largest absolute Gasteiger partial charge is 0.494 e. The molecular weight excluding hydrogens is 380 g/mol. The predicted molar refractivity (Wildman–Crippen MR) is 113 cm³/mol. The number of nitrogens with one attached hydrogen (secondary N) is 1. The van der Waals surface area contributed by atoms with Crippen molar-refractivity contribution < 1.29 is 14.1 Å². The van der Waals surface area contributed by atoms with E-state index in [0.29, 0.717) is 43.0 Å². The molecule has 0 aliphatic heterocycles. The highest BCUT2D eigenvalue weighted by Crippen LogP contribution is 2.21. The summed E-state index contributed by atoms with van der Waals surface area (Å²) >= 11 is 0. The molecule has 0 saturated heterocycles. The second-order valence-corrected chi connectivity index (χ2v) is 7.59. The van der Waals surface area contributed by atoms with Gasteiger partial charge in [0.25, 0.3) is 5.91 Å². The Kier molecular flexibility index (Phi) is 6.09. The minimum Gasteiger partial charge on any atom is -0.494 e. The SMILES string of the molecule is CCOc1ccc(-c2noc(CN(C)Cc3ccc(C(=O)NC4CC4)cc3)n2)cc1. The molecule has 0 radical (unpaired) electrons. The van der Waals surface area contributed by atoms with Crippen molar-refractivity contribution in [1.82, 2.24) is 20.4 Å². The van der Waals surface area contributed by atoms with Gasteiger partial charge in [0, 0.05) is 23.7 Å². The van der Waals surface area contributed by atoms with Crippen LogP contribution in [-0.2, 0) is 13.1 Å². The Bertz CT molecular complexity index is 978. The van der Waals surface area contributed by atoms with Gasteiger partial charge < -0.3 is 14.6 Å². The van der Waals surface area contributed by atoms with E-state index in [0.717, 1.165) is 29.7 Å². The van der Waals surface area contributed by atoms with Gasteiger partial charge >= 0.3 is 0 Å². The molecule has 0 unspecified atom stereocenters. The molecular formula is C23H26N4O3. The molecule has 0 spiro atoms. The second kappa shape index (κ2) is 9.09. The van der Waals surface area contributed by atoms with Gasteiger partial charge in [-0.1, -0.05) is 17.3 Å². The van der Waals surface area contributed by atoms with Crippen LogP contribution in [-0.4, -0.2) is 40.6 Å². The van der Waals surface area contributed by atoms with Gasteiger partial charge in [-0.3, -0.25) is 9.69 Å². The lowest BCUT2D eigenvalue weighted by Gasteiger charge is -2.14. The van der Waals surface area contributed by atoms with Crippen molar-refractivity contribution in [2.24, 2.45) is 0 Å². The van der Waals surface area contributed by atoms with Crippen LogP contribution in [0.25, 0.3) is 11.4 Å². The minimum absolute atomic E-state index is 0.00471. The van der Waals surface area contributed by atoms with Crippen molar-refractivity contribution in [2.75, 3.05) is 13.7 Å². The smallest absolute Gasteiger partial charge is 0.251 e. The zero-order chi connectivity index (χ0) is 20.9. The molecule has 1 aliphatic carbocycles. The van der Waals surface area contributed by atoms with E-state index in [9.17, 15) is 4.79 Å². The van der Waals surface area contributed by atoms with Gasteiger partial charge in [-0.15, -0.1) is 0 Å². The third-order valence-corrected chi connectivity index (χ3v) is 4.88. The van der Waals surface area contributed by atoms with Gasteiger partial charge in [0.2, 0.25) is 11.7 Å². The normalized spacial score (nSPS) is 13.4. The van der Waals surface area contributed by atoms with E-state index in [2.05, 4.69) is 20.4 Å². The summed E-state index contributed by atoms with van der Waals surface area (Å²) in [6.45, 7) is 3.84. The van der Waals surface area contributed by atoms with E-state index in [4.69, 9.17) is 9.26 Å². The van der Waals surface area contributed by atoms with Crippen LogP contribution in [0.3, 0.4) is 0 Å². The first-order valence-corrected chi connectivity index (χ1v) is 10.2. The number of rotatable bonds is 9. The van der Waals surface area contributed by atoms with Gasteiger partial charge in [0.15, 0.2) is 0 Å². The van der Waals surface area contributed by atoms with Crippen molar-refractivity contribution in [2.45, 2.75) is 38.9 Å². The van der Waals surface area contributed by atoms with Crippen molar-refractivity contribution in [3.05, 3.63) is 65.5 Å². The van der Waals surface area contributed by atoms with E-state index in [-0.39, 0.29) is 5.91 Å². The quantitative estimate of drug-likeness (QED) is 0.584. The van der Waals surface area contributed by atoms with Crippen molar-refractivity contribution >= 4 is 5.91 Å². The molecule has 1 saturated carbocycles. The highest BCUT2D eigenvalue weighted by Gasteiger charge is 2.23. The van der Waals surface area contributed by atoms with E-state index < -0.39 is 0 Å². The first-order valence-electron chi connectivity index (χ1n) is 10.2. The molecule has 1 aromatic heterocycles. The Balaban J connectivity index is 1.31. The molecule has 1 aliphatic rings. The molecule has 30 heavy (non-hydrogen) atoms. The highest BCUT2D eigenvalue weighted by molar-refractivity contribution is 5.94. The zero-order valence-electron chi connectivity index (χ0n) is 17.3. The number of aromatic nitrogens is 2. The van der Waals surface area contributed by atoms with Crippen molar-refractivity contribution in [1.29, 1.82) is 0 Å². The Morgan fingerprint density at radius 3 is 2.53 bits per heavy atom. The third kappa shape index (κ3) is 5.24. The Labute approximate surface area is 176 Å². The third-order valence-electron chi connectivity index (χ3n) is 4.88. The van der Waals surface area contributed by atoms with E-state index in [1.807, 2.05) is 62.5 Å². The number of carbonyl (C=O) groups is 1. The number of nitrogens with zero attached hydrogens (tertiary/aromatic N) is 3. The fourth-order valence-corrected chi connectivity index (χ4v) is 3.16. The van der Waals surface area contributed by atoms with Crippen molar-refractivity contribution in [3.63, 3.8) is 0 Å². The number of hydrogen-bond donors (Lipinski definition) is 1. The lowest BCUT2D eigenvalue weighted by atomic mass is 10.1. The summed E-state index contributed by atoms with van der Waals surface area (Å²) in [4.78, 5) is 18.7. The monoisotopic (exact) mass is 406 g/mol. The van der Waals surface area contributed by atoms with Crippen molar-refractivity contribution in [3.8, 4) is 17.1 Å². The summed E-state index contributed by atoms with van der Waals surface area (Å²) < 4.78 is 10.9. The fraction of sp³-hybridized carbons (Fsp3) is 0.348. The number of benzene rings is 2. The Hall–Kier alpha value is -3.19. The molecule has 4 rings (SSSR count). The topological polar surface area (TPSA) is 80.5 Å². The van der Waals surface area contributed by atoms with E-state index >= 15 is 0 Å². The number of carbonyl (C=O) groups excluding carboxylic acids is 1. The lowest BCUT2D eigenvalue weighted by molar-refractivity contribution is 0.0951. The predicted octanol–water partition coefficient (Wildman–Crippen LogP) is 3.66. The van der Waals surface area contributed by atoms with Crippen LogP contribution in [0.1, 0.15) is 41.6 Å². The molecule has 7 nitrogen and oxygen atoms in total. The van der Waals surface area contributed by atoms with Gasteiger partial charge in [0.05, 0.1) is 13.2 Å². The Morgan fingerprint density at radius 2 is 1.87 bits per heavy atom. The first-order chi connectivity index (χ1) is 14.6. The first kappa shape index (κ1) is 20.1. The van der Waals surface area contributed by atoms with E-state index in [1.165, 1.54) is 0 Å². The van der Waals surface area contributed by atoms with Crippen LogP contribution in [0.15, 0.2) is 53.1 Å². The number of ether oxygens (including phenoxy) is 1.